The molecule has 0 fully saturated rings. The van der Waals surface area contributed by atoms with E-state index in [9.17, 15) is 14.9 Å². The molecule has 1 rings (SSSR count). The zero-order chi connectivity index (χ0) is 14.1. The molecule has 0 aliphatic carbocycles. The summed E-state index contributed by atoms with van der Waals surface area (Å²) in [5.41, 5.74) is 0. The summed E-state index contributed by atoms with van der Waals surface area (Å²) in [5, 5.41) is 10.6. The van der Waals surface area contributed by atoms with Crippen LogP contribution < -0.4 is 4.74 Å². The van der Waals surface area contributed by atoms with E-state index in [1.165, 1.54) is 18.3 Å². The van der Waals surface area contributed by atoms with Gasteiger partial charge in [0.05, 0.1) is 6.61 Å². The van der Waals surface area contributed by atoms with E-state index >= 15 is 0 Å². The molecule has 8 nitrogen and oxygen atoms in total. The molecule has 104 valence electrons. The maximum absolute atomic E-state index is 11.3. The summed E-state index contributed by atoms with van der Waals surface area (Å²) in [6.07, 6.45) is 1.27. The second-order valence-corrected chi connectivity index (χ2v) is 3.29. The number of nitro groups is 1. The van der Waals surface area contributed by atoms with Crippen molar-refractivity contribution in [1.82, 2.24) is 4.98 Å². The van der Waals surface area contributed by atoms with Gasteiger partial charge in [-0.2, -0.15) is 0 Å². The van der Waals surface area contributed by atoms with Crippen molar-refractivity contribution < 1.29 is 23.9 Å². The van der Waals surface area contributed by atoms with Crippen LogP contribution in [-0.4, -0.2) is 42.3 Å². The minimum Gasteiger partial charge on any atom is -0.474 e. The van der Waals surface area contributed by atoms with Crippen molar-refractivity contribution in [3.05, 3.63) is 28.4 Å². The number of esters is 1. The van der Waals surface area contributed by atoms with Gasteiger partial charge in [0.2, 0.25) is 5.75 Å². The van der Waals surface area contributed by atoms with Gasteiger partial charge in [-0.3, -0.25) is 0 Å². The second kappa shape index (κ2) is 7.98. The summed E-state index contributed by atoms with van der Waals surface area (Å²) < 4.78 is 14.8. The molecule has 0 bridgehead atoms. The van der Waals surface area contributed by atoms with Crippen molar-refractivity contribution in [2.24, 2.45) is 0 Å². The molecule has 0 saturated carbocycles. The highest BCUT2D eigenvalue weighted by atomic mass is 16.6. The summed E-state index contributed by atoms with van der Waals surface area (Å²) >= 11 is 0. The Morgan fingerprint density at radius 2 is 2.26 bits per heavy atom. The lowest BCUT2D eigenvalue weighted by molar-refractivity contribution is -0.390. The lowest BCUT2D eigenvalue weighted by Crippen LogP contribution is -2.18. The predicted molar refractivity (Wildman–Crippen MR) is 63.8 cm³/mol. The number of carbonyl (C=O) groups excluding carboxylic acids is 1. The van der Waals surface area contributed by atoms with E-state index in [0.717, 1.165) is 0 Å². The first-order valence-corrected chi connectivity index (χ1v) is 5.60. The molecule has 0 spiro atoms. The van der Waals surface area contributed by atoms with Crippen molar-refractivity contribution in [2.45, 2.75) is 6.92 Å². The number of carbonyl (C=O) groups is 1. The Morgan fingerprint density at radius 3 is 2.95 bits per heavy atom. The van der Waals surface area contributed by atoms with Gasteiger partial charge in [-0.1, -0.05) is 0 Å². The molecule has 1 aromatic rings. The van der Waals surface area contributed by atoms with Gasteiger partial charge in [-0.15, -0.1) is 0 Å². The van der Waals surface area contributed by atoms with Crippen molar-refractivity contribution in [1.29, 1.82) is 0 Å². The third-order valence-corrected chi connectivity index (χ3v) is 1.96. The number of nitrogens with zero attached hydrogens (tertiary/aromatic N) is 2. The van der Waals surface area contributed by atoms with Crippen molar-refractivity contribution in [2.75, 3.05) is 26.4 Å². The largest absolute Gasteiger partial charge is 0.474 e. The number of aromatic nitrogens is 1. The lowest BCUT2D eigenvalue weighted by atomic mass is 10.4. The molecule has 0 aliphatic rings. The molecule has 0 aromatic carbocycles. The topological polar surface area (TPSA) is 101 Å². The molecule has 1 heterocycles. The van der Waals surface area contributed by atoms with E-state index < -0.39 is 23.3 Å². The minimum absolute atomic E-state index is 0.0748. The fraction of sp³-hybridized carbons (Fsp3) is 0.455. The van der Waals surface area contributed by atoms with Gasteiger partial charge in [0.25, 0.3) is 0 Å². The first-order chi connectivity index (χ1) is 9.15. The Kier molecular flexibility index (Phi) is 6.23. The monoisotopic (exact) mass is 270 g/mol. The average molecular weight is 270 g/mol. The highest BCUT2D eigenvalue weighted by Gasteiger charge is 2.16. The summed E-state index contributed by atoms with van der Waals surface area (Å²) in [6.45, 7) is 2.36. The van der Waals surface area contributed by atoms with E-state index in [-0.39, 0.29) is 12.4 Å². The van der Waals surface area contributed by atoms with Crippen LogP contribution in [0.4, 0.5) is 5.82 Å². The van der Waals surface area contributed by atoms with E-state index in [1.807, 2.05) is 6.92 Å². The third-order valence-electron chi connectivity index (χ3n) is 1.96. The van der Waals surface area contributed by atoms with Crippen LogP contribution in [0.25, 0.3) is 0 Å². The van der Waals surface area contributed by atoms with Gasteiger partial charge in [-0.05, 0) is 29.0 Å². The molecule has 0 amide bonds. The van der Waals surface area contributed by atoms with Crippen LogP contribution in [0.1, 0.15) is 6.92 Å². The SMILES string of the molecule is CCOCCOC(=O)COc1cccnc1[N+](=O)[O-]. The lowest BCUT2D eigenvalue weighted by Gasteiger charge is -2.06. The molecule has 0 N–H and O–H groups in total. The van der Waals surface area contributed by atoms with E-state index in [4.69, 9.17) is 14.2 Å². The summed E-state index contributed by atoms with van der Waals surface area (Å²) in [6, 6.07) is 2.83. The van der Waals surface area contributed by atoms with Gasteiger partial charge in [0.1, 0.15) is 12.8 Å². The average Bonchev–Trinajstić information content (AvgIpc) is 2.41. The van der Waals surface area contributed by atoms with Crippen LogP contribution in [0.5, 0.6) is 5.75 Å². The molecule has 0 unspecified atom stereocenters. The molecule has 0 atom stereocenters. The number of rotatable bonds is 8. The van der Waals surface area contributed by atoms with Crippen LogP contribution in [0.3, 0.4) is 0 Å². The Hall–Kier alpha value is -2.22. The predicted octanol–water partition coefficient (Wildman–Crippen LogP) is 0.948. The zero-order valence-corrected chi connectivity index (χ0v) is 10.4. The second-order valence-electron chi connectivity index (χ2n) is 3.29. The maximum atomic E-state index is 11.3. The molecule has 0 saturated heterocycles. The number of hydrogen-bond acceptors (Lipinski definition) is 7. The molecule has 8 heteroatoms. The number of hydrogen-bond donors (Lipinski definition) is 0. The first kappa shape index (κ1) is 14.8. The van der Waals surface area contributed by atoms with Crippen molar-refractivity contribution in [3.63, 3.8) is 0 Å². The summed E-state index contributed by atoms with van der Waals surface area (Å²) in [4.78, 5) is 24.8. The van der Waals surface area contributed by atoms with Crippen molar-refractivity contribution >= 4 is 11.8 Å². The van der Waals surface area contributed by atoms with Gasteiger partial charge >= 0.3 is 11.8 Å². The summed E-state index contributed by atoms with van der Waals surface area (Å²) in [7, 11) is 0. The van der Waals surface area contributed by atoms with Gasteiger partial charge < -0.3 is 24.3 Å². The molecule has 0 radical (unpaired) electrons. The Morgan fingerprint density at radius 1 is 1.47 bits per heavy atom. The highest BCUT2D eigenvalue weighted by molar-refractivity contribution is 5.71. The smallest absolute Gasteiger partial charge is 0.406 e. The molecular formula is C11H14N2O6. The van der Waals surface area contributed by atoms with E-state index in [2.05, 4.69) is 4.98 Å². The van der Waals surface area contributed by atoms with Crippen molar-refractivity contribution in [3.8, 4) is 5.75 Å². The van der Waals surface area contributed by atoms with Crippen LogP contribution in [0.2, 0.25) is 0 Å². The van der Waals surface area contributed by atoms with Crippen LogP contribution in [0, 0.1) is 10.1 Å². The third kappa shape index (κ3) is 5.30. The quantitative estimate of drug-likeness (QED) is 0.300. The first-order valence-electron chi connectivity index (χ1n) is 5.60. The highest BCUT2D eigenvalue weighted by Crippen LogP contribution is 2.22. The molecule has 1 aromatic heterocycles. The van der Waals surface area contributed by atoms with E-state index in [1.54, 1.807) is 0 Å². The van der Waals surface area contributed by atoms with E-state index in [0.29, 0.717) is 13.2 Å². The Balaban J connectivity index is 2.40. The maximum Gasteiger partial charge on any atom is 0.406 e. The Labute approximate surface area is 109 Å². The van der Waals surface area contributed by atoms with Crippen LogP contribution in [-0.2, 0) is 14.3 Å². The normalized spacial score (nSPS) is 9.95. The number of ether oxygens (including phenoxy) is 3. The standard InChI is InChI=1S/C11H14N2O6/c1-2-17-6-7-18-10(14)8-19-9-4-3-5-12-11(9)13(15)16/h3-5H,2,6-8H2,1H3. The van der Waals surface area contributed by atoms with Gasteiger partial charge in [-0.25, -0.2) is 4.79 Å². The zero-order valence-electron chi connectivity index (χ0n) is 10.4. The molecule has 0 aliphatic heterocycles. The Bertz CT molecular complexity index is 437. The van der Waals surface area contributed by atoms with Crippen LogP contribution >= 0.6 is 0 Å². The van der Waals surface area contributed by atoms with Gasteiger partial charge in [0.15, 0.2) is 6.61 Å². The molecule has 19 heavy (non-hydrogen) atoms. The summed E-state index contributed by atoms with van der Waals surface area (Å²) in [5.74, 6) is -1.14. The fourth-order valence-electron chi connectivity index (χ4n) is 1.17. The number of pyridine rings is 1. The van der Waals surface area contributed by atoms with Gasteiger partial charge in [0, 0.05) is 6.61 Å². The minimum atomic E-state index is -0.685. The molecular weight excluding hydrogens is 256 g/mol. The fourth-order valence-corrected chi connectivity index (χ4v) is 1.17. The van der Waals surface area contributed by atoms with Crippen LogP contribution in [0.15, 0.2) is 18.3 Å².